The Balaban J connectivity index is 1.07. The van der Waals surface area contributed by atoms with Crippen LogP contribution in [-0.2, 0) is 11.2 Å². The summed E-state index contributed by atoms with van der Waals surface area (Å²) in [6, 6.07) is 16.5. The van der Waals surface area contributed by atoms with Gasteiger partial charge in [0.15, 0.2) is 0 Å². The van der Waals surface area contributed by atoms with Crippen LogP contribution in [-0.4, -0.2) is 47.0 Å². The highest BCUT2D eigenvalue weighted by molar-refractivity contribution is 7.18. The number of thiazole rings is 2. The highest BCUT2D eigenvalue weighted by atomic mass is 32.1. The van der Waals surface area contributed by atoms with E-state index in [4.69, 9.17) is 4.98 Å². The number of aromatic nitrogens is 2. The number of rotatable bonds is 6. The molecular weight excluding hydrogens is 412 g/mol. The monoisotopic (exact) mass is 436 g/mol. The normalized spacial score (nSPS) is 15.7. The summed E-state index contributed by atoms with van der Waals surface area (Å²) in [6.07, 6.45) is 2.92. The maximum absolute atomic E-state index is 12.4. The zero-order valence-corrected chi connectivity index (χ0v) is 18.3. The van der Waals surface area contributed by atoms with Crippen molar-refractivity contribution in [3.63, 3.8) is 0 Å². The second-order valence-corrected chi connectivity index (χ2v) is 9.92. The number of piperidine rings is 1. The minimum Gasteiger partial charge on any atom is -0.355 e. The third-order valence-electron chi connectivity index (χ3n) is 5.61. The maximum atomic E-state index is 12.4. The van der Waals surface area contributed by atoms with E-state index in [0.29, 0.717) is 19.0 Å². The van der Waals surface area contributed by atoms with Gasteiger partial charge in [-0.3, -0.25) is 9.69 Å². The summed E-state index contributed by atoms with van der Waals surface area (Å²) in [5, 5.41) is 5.38. The summed E-state index contributed by atoms with van der Waals surface area (Å²) in [7, 11) is 0. The Morgan fingerprint density at radius 2 is 1.63 bits per heavy atom. The average molecular weight is 437 g/mol. The van der Waals surface area contributed by atoms with Crippen molar-refractivity contribution < 1.29 is 4.79 Å². The Kier molecular flexibility index (Phi) is 5.75. The summed E-state index contributed by atoms with van der Waals surface area (Å²) in [6.45, 7) is 3.02. The van der Waals surface area contributed by atoms with Crippen molar-refractivity contribution in [2.45, 2.75) is 25.2 Å². The molecule has 0 unspecified atom stereocenters. The fourth-order valence-corrected chi connectivity index (χ4v) is 6.10. The van der Waals surface area contributed by atoms with Crippen molar-refractivity contribution in [2.75, 3.05) is 26.2 Å². The lowest BCUT2D eigenvalue weighted by Gasteiger charge is -2.30. The largest absolute Gasteiger partial charge is 0.355 e. The lowest BCUT2D eigenvalue weighted by molar-refractivity contribution is -0.122. The number of carbonyl (C=O) groups is 1. The van der Waals surface area contributed by atoms with E-state index in [0.717, 1.165) is 48.4 Å². The van der Waals surface area contributed by atoms with Gasteiger partial charge in [-0.2, -0.15) is 0 Å². The van der Waals surface area contributed by atoms with Gasteiger partial charge in [0, 0.05) is 18.9 Å². The van der Waals surface area contributed by atoms with Crippen LogP contribution in [0.2, 0.25) is 0 Å². The molecule has 2 aromatic heterocycles. The molecule has 5 rings (SSSR count). The SMILES string of the molecule is O=C(CN1CCC(c2nc3ccccc3s2)CC1)NCCc1nc2ccccc2s1. The maximum Gasteiger partial charge on any atom is 0.234 e. The average Bonchev–Trinajstić information content (AvgIpc) is 3.38. The first-order chi connectivity index (χ1) is 14.7. The molecule has 1 saturated heterocycles. The van der Waals surface area contributed by atoms with Gasteiger partial charge in [0.25, 0.3) is 0 Å². The van der Waals surface area contributed by atoms with Crippen molar-refractivity contribution in [3.05, 3.63) is 58.5 Å². The Bertz CT molecular complexity index is 1090. The molecule has 154 valence electrons. The molecule has 2 aromatic carbocycles. The molecule has 1 fully saturated rings. The van der Waals surface area contributed by atoms with Crippen LogP contribution >= 0.6 is 22.7 Å². The van der Waals surface area contributed by atoms with E-state index in [-0.39, 0.29) is 5.91 Å². The molecule has 0 radical (unpaired) electrons. The van der Waals surface area contributed by atoms with E-state index >= 15 is 0 Å². The van der Waals surface area contributed by atoms with Gasteiger partial charge in [-0.05, 0) is 50.2 Å². The lowest BCUT2D eigenvalue weighted by atomic mass is 9.97. The van der Waals surface area contributed by atoms with Crippen LogP contribution < -0.4 is 5.32 Å². The number of carbonyl (C=O) groups excluding carboxylic acids is 1. The van der Waals surface area contributed by atoms with Crippen molar-refractivity contribution in [1.82, 2.24) is 20.2 Å². The number of fused-ring (bicyclic) bond motifs is 2. The molecule has 0 bridgehead atoms. The number of nitrogens with zero attached hydrogens (tertiary/aromatic N) is 3. The molecule has 0 aliphatic carbocycles. The van der Waals surface area contributed by atoms with Crippen molar-refractivity contribution in [3.8, 4) is 0 Å². The first-order valence-corrected chi connectivity index (χ1v) is 12.1. The summed E-state index contributed by atoms with van der Waals surface area (Å²) >= 11 is 3.52. The van der Waals surface area contributed by atoms with Crippen LogP contribution in [0.3, 0.4) is 0 Å². The molecule has 1 amide bonds. The van der Waals surface area contributed by atoms with Crippen LogP contribution in [0.25, 0.3) is 20.4 Å². The smallest absolute Gasteiger partial charge is 0.234 e. The summed E-state index contributed by atoms with van der Waals surface area (Å²) in [5.41, 5.74) is 2.15. The predicted octanol–water partition coefficient (Wildman–Crippen LogP) is 4.44. The standard InChI is InChI=1S/C23H24N4OS2/c28-21(24-12-9-22-25-17-5-1-3-7-19(17)29-22)15-27-13-10-16(11-14-27)23-26-18-6-2-4-8-20(18)30-23/h1-8,16H,9-15H2,(H,24,28). The second kappa shape index (κ2) is 8.79. The first kappa shape index (κ1) is 19.6. The fourth-order valence-electron chi connectivity index (χ4n) is 4.00. The number of hydrogen-bond acceptors (Lipinski definition) is 6. The molecule has 3 heterocycles. The van der Waals surface area contributed by atoms with Crippen LogP contribution in [0.5, 0.6) is 0 Å². The summed E-state index contributed by atoms with van der Waals surface area (Å²) < 4.78 is 2.47. The summed E-state index contributed by atoms with van der Waals surface area (Å²) in [4.78, 5) is 24.1. The first-order valence-electron chi connectivity index (χ1n) is 10.4. The third kappa shape index (κ3) is 4.38. The van der Waals surface area contributed by atoms with Gasteiger partial charge in [0.1, 0.15) is 0 Å². The molecule has 0 atom stereocenters. The van der Waals surface area contributed by atoms with E-state index in [1.807, 2.05) is 35.6 Å². The van der Waals surface area contributed by atoms with Gasteiger partial charge < -0.3 is 5.32 Å². The molecule has 1 aliphatic heterocycles. The molecule has 0 spiro atoms. The molecule has 0 saturated carbocycles. The zero-order chi connectivity index (χ0) is 20.3. The van der Waals surface area contributed by atoms with E-state index in [9.17, 15) is 4.79 Å². The number of likely N-dealkylation sites (tertiary alicyclic amines) is 1. The number of amides is 1. The molecule has 5 nitrogen and oxygen atoms in total. The second-order valence-electron chi connectivity index (χ2n) is 7.75. The van der Waals surface area contributed by atoms with Gasteiger partial charge in [0.05, 0.1) is 37.0 Å². The van der Waals surface area contributed by atoms with Crippen LogP contribution in [0.15, 0.2) is 48.5 Å². The highest BCUT2D eigenvalue weighted by Gasteiger charge is 2.24. The van der Waals surface area contributed by atoms with Gasteiger partial charge in [-0.25, -0.2) is 9.97 Å². The van der Waals surface area contributed by atoms with E-state index in [1.165, 1.54) is 14.4 Å². The molecule has 30 heavy (non-hydrogen) atoms. The molecule has 1 aliphatic rings. The molecule has 1 N–H and O–H groups in total. The Morgan fingerprint density at radius 3 is 2.33 bits per heavy atom. The number of para-hydroxylation sites is 2. The fraction of sp³-hybridized carbons (Fsp3) is 0.348. The minimum absolute atomic E-state index is 0.106. The Hall–Kier alpha value is -2.35. The van der Waals surface area contributed by atoms with Crippen LogP contribution in [0.1, 0.15) is 28.8 Å². The van der Waals surface area contributed by atoms with Crippen molar-refractivity contribution >= 4 is 49.0 Å². The third-order valence-corrected chi connectivity index (χ3v) is 7.91. The van der Waals surface area contributed by atoms with Gasteiger partial charge in [0.2, 0.25) is 5.91 Å². The van der Waals surface area contributed by atoms with E-state index in [1.54, 1.807) is 11.3 Å². The topological polar surface area (TPSA) is 58.1 Å². The van der Waals surface area contributed by atoms with Gasteiger partial charge >= 0.3 is 0 Å². The summed E-state index contributed by atoms with van der Waals surface area (Å²) in [5.74, 6) is 0.621. The quantitative estimate of drug-likeness (QED) is 0.485. The van der Waals surface area contributed by atoms with Crippen molar-refractivity contribution in [2.24, 2.45) is 0 Å². The van der Waals surface area contributed by atoms with Crippen molar-refractivity contribution in [1.29, 1.82) is 0 Å². The lowest BCUT2D eigenvalue weighted by Crippen LogP contribution is -2.41. The van der Waals surface area contributed by atoms with Gasteiger partial charge in [-0.15, -0.1) is 22.7 Å². The van der Waals surface area contributed by atoms with E-state index in [2.05, 4.69) is 39.5 Å². The molecule has 7 heteroatoms. The minimum atomic E-state index is 0.106. The predicted molar refractivity (Wildman–Crippen MR) is 124 cm³/mol. The number of benzene rings is 2. The Labute approximate surface area is 183 Å². The van der Waals surface area contributed by atoms with Crippen LogP contribution in [0, 0.1) is 0 Å². The Morgan fingerprint density at radius 1 is 0.967 bits per heavy atom. The van der Waals surface area contributed by atoms with Gasteiger partial charge in [-0.1, -0.05) is 24.3 Å². The molecular formula is C23H24N4OS2. The number of nitrogens with one attached hydrogen (secondary N) is 1. The van der Waals surface area contributed by atoms with E-state index < -0.39 is 0 Å². The number of hydrogen-bond donors (Lipinski definition) is 1. The molecule has 4 aromatic rings. The van der Waals surface area contributed by atoms with Crippen LogP contribution in [0.4, 0.5) is 0 Å². The zero-order valence-electron chi connectivity index (χ0n) is 16.7. The highest BCUT2D eigenvalue weighted by Crippen LogP contribution is 2.33.